The van der Waals surface area contributed by atoms with E-state index in [1.807, 2.05) is 19.1 Å². The molecule has 0 saturated carbocycles. The molecule has 0 spiro atoms. The van der Waals surface area contributed by atoms with Gasteiger partial charge in [0.15, 0.2) is 0 Å². The quantitative estimate of drug-likeness (QED) is 0.801. The Morgan fingerprint density at radius 1 is 1.23 bits per heavy atom. The first-order valence-corrected chi connectivity index (χ1v) is 10.6. The van der Waals surface area contributed by atoms with Crippen LogP contribution in [0.15, 0.2) is 64.1 Å². The van der Waals surface area contributed by atoms with E-state index in [1.54, 1.807) is 16.4 Å². The third-order valence-corrected chi connectivity index (χ3v) is 6.94. The van der Waals surface area contributed by atoms with Crippen molar-refractivity contribution in [3.8, 4) is 0 Å². The average Bonchev–Trinajstić information content (AvgIpc) is 2.96. The van der Waals surface area contributed by atoms with Crippen LogP contribution in [0.2, 0.25) is 0 Å². The van der Waals surface area contributed by atoms with Gasteiger partial charge in [0.05, 0.1) is 17.6 Å². The lowest BCUT2D eigenvalue weighted by Gasteiger charge is -2.24. The molecule has 0 aliphatic carbocycles. The van der Waals surface area contributed by atoms with Gasteiger partial charge in [-0.3, -0.25) is 0 Å². The molecule has 26 heavy (non-hydrogen) atoms. The molecule has 5 heteroatoms. The van der Waals surface area contributed by atoms with Crippen LogP contribution in [0.1, 0.15) is 32.3 Å². The zero-order valence-corrected chi connectivity index (χ0v) is 16.6. The number of hydrogen-bond acceptors (Lipinski definition) is 3. The Morgan fingerprint density at radius 2 is 1.92 bits per heavy atom. The Bertz CT molecular complexity index is 863. The van der Waals surface area contributed by atoms with E-state index in [2.05, 4.69) is 26.5 Å². The van der Waals surface area contributed by atoms with Crippen molar-refractivity contribution in [3.05, 3.63) is 64.8 Å². The Kier molecular flexibility index (Phi) is 5.51. The fourth-order valence-corrected chi connectivity index (χ4v) is 5.00. The first-order chi connectivity index (χ1) is 12.4. The first-order valence-electron chi connectivity index (χ1n) is 9.17. The highest BCUT2D eigenvalue weighted by Gasteiger charge is 2.36. The molecule has 1 aromatic rings. The van der Waals surface area contributed by atoms with E-state index < -0.39 is 10.0 Å². The van der Waals surface area contributed by atoms with Gasteiger partial charge in [-0.1, -0.05) is 44.2 Å². The van der Waals surface area contributed by atoms with Crippen LogP contribution in [0.4, 0.5) is 0 Å². The van der Waals surface area contributed by atoms with E-state index in [9.17, 15) is 8.42 Å². The molecule has 4 nitrogen and oxygen atoms in total. The molecule has 3 rings (SSSR count). The number of nitrogens with zero attached hydrogens (tertiary/aromatic N) is 1. The molecule has 1 atom stereocenters. The van der Waals surface area contributed by atoms with Crippen LogP contribution in [0.3, 0.4) is 0 Å². The first kappa shape index (κ1) is 19.1. The highest BCUT2D eigenvalue weighted by Crippen LogP contribution is 2.36. The van der Waals surface area contributed by atoms with Crippen LogP contribution in [0.5, 0.6) is 0 Å². The van der Waals surface area contributed by atoms with E-state index in [-0.39, 0.29) is 6.10 Å². The van der Waals surface area contributed by atoms with Crippen molar-refractivity contribution in [2.24, 2.45) is 0 Å². The summed E-state index contributed by atoms with van der Waals surface area (Å²) in [6.07, 6.45) is 3.72. The molecule has 1 unspecified atom stereocenters. The summed E-state index contributed by atoms with van der Waals surface area (Å²) in [7, 11) is -3.59. The normalized spacial score (nSPS) is 23.4. The topological polar surface area (TPSA) is 46.6 Å². The van der Waals surface area contributed by atoms with Crippen molar-refractivity contribution in [1.29, 1.82) is 0 Å². The number of hydrogen-bond donors (Lipinski definition) is 0. The number of allylic oxidation sites excluding steroid dienone is 1. The molecule has 0 amide bonds. The zero-order valence-electron chi connectivity index (χ0n) is 15.8. The highest BCUT2D eigenvalue weighted by atomic mass is 32.2. The molecule has 0 aromatic heterocycles. The second kappa shape index (κ2) is 7.51. The van der Waals surface area contributed by atoms with Gasteiger partial charge in [0.25, 0.3) is 0 Å². The molecular weight excluding hydrogens is 346 g/mol. The smallest absolute Gasteiger partial charge is 0.243 e. The van der Waals surface area contributed by atoms with Gasteiger partial charge in [-0.15, -0.1) is 0 Å². The second-order valence-electron chi connectivity index (χ2n) is 6.91. The van der Waals surface area contributed by atoms with Crippen molar-refractivity contribution < 1.29 is 13.2 Å². The number of aryl methyl sites for hydroxylation is 1. The second-order valence-corrected chi connectivity index (χ2v) is 8.85. The maximum atomic E-state index is 13.3. The Hall–Kier alpha value is -1.69. The molecule has 0 saturated heterocycles. The van der Waals surface area contributed by atoms with Gasteiger partial charge in [-0.05, 0) is 54.2 Å². The molecule has 0 N–H and O–H groups in total. The molecule has 0 bridgehead atoms. The number of ether oxygens (including phenoxy) is 1. The third-order valence-electron chi connectivity index (χ3n) is 5.13. The Balaban J connectivity index is 2.05. The Labute approximate surface area is 156 Å². The Morgan fingerprint density at radius 3 is 2.54 bits per heavy atom. The van der Waals surface area contributed by atoms with Crippen LogP contribution >= 0.6 is 0 Å². The summed E-state index contributed by atoms with van der Waals surface area (Å²) in [6, 6.07) is 7.05. The van der Waals surface area contributed by atoms with Gasteiger partial charge in [-0.2, -0.15) is 4.31 Å². The summed E-state index contributed by atoms with van der Waals surface area (Å²) >= 11 is 0. The lowest BCUT2D eigenvalue weighted by molar-refractivity contribution is 0.114. The number of benzene rings is 1. The van der Waals surface area contributed by atoms with Crippen molar-refractivity contribution >= 4 is 10.0 Å². The fourth-order valence-electron chi connectivity index (χ4n) is 3.60. The number of sulfonamides is 1. The predicted molar refractivity (Wildman–Crippen MR) is 105 cm³/mol. The lowest BCUT2D eigenvalue weighted by atomic mass is 9.95. The molecule has 2 aliphatic rings. The molecular formula is C21H27NO3S. The van der Waals surface area contributed by atoms with E-state index in [4.69, 9.17) is 4.74 Å². The SMILES string of the molecule is C=C1C2=C(CN(S(=O)(=O)c3ccc(C)cc3)C/C1=C/CC)C(CC)OC2. The monoisotopic (exact) mass is 373 g/mol. The van der Waals surface area contributed by atoms with Crippen molar-refractivity contribution in [3.63, 3.8) is 0 Å². The van der Waals surface area contributed by atoms with Crippen molar-refractivity contribution in [2.75, 3.05) is 19.7 Å². The van der Waals surface area contributed by atoms with Crippen LogP contribution in [-0.2, 0) is 14.8 Å². The molecule has 1 aromatic carbocycles. The standard InChI is InChI=1S/C21H27NO3S/c1-5-7-17-12-22(26(23,24)18-10-8-15(3)9-11-18)13-19-20(16(17)4)14-25-21(19)6-2/h7-11,21H,4-6,12-14H2,1-3H3/b17-7-. The van der Waals surface area contributed by atoms with Gasteiger partial charge in [0.1, 0.15) is 0 Å². The van der Waals surface area contributed by atoms with Gasteiger partial charge in [-0.25, -0.2) is 8.42 Å². The summed E-state index contributed by atoms with van der Waals surface area (Å²) in [6.45, 7) is 11.6. The summed E-state index contributed by atoms with van der Waals surface area (Å²) in [5, 5.41) is 0. The molecule has 140 valence electrons. The zero-order chi connectivity index (χ0) is 18.9. The average molecular weight is 374 g/mol. The van der Waals surface area contributed by atoms with Gasteiger partial charge < -0.3 is 4.74 Å². The summed E-state index contributed by atoms with van der Waals surface area (Å²) < 4.78 is 34.1. The molecule has 2 aliphatic heterocycles. The maximum absolute atomic E-state index is 13.3. The molecule has 0 fully saturated rings. The van der Waals surface area contributed by atoms with Crippen molar-refractivity contribution in [2.45, 2.75) is 44.6 Å². The van der Waals surface area contributed by atoms with Crippen molar-refractivity contribution in [1.82, 2.24) is 4.31 Å². The van der Waals surface area contributed by atoms with E-state index >= 15 is 0 Å². The van der Waals surface area contributed by atoms with E-state index in [1.165, 1.54) is 0 Å². The minimum absolute atomic E-state index is 0.0292. The van der Waals surface area contributed by atoms with E-state index in [0.29, 0.717) is 24.6 Å². The fraction of sp³-hybridized carbons (Fsp3) is 0.429. The maximum Gasteiger partial charge on any atom is 0.243 e. The largest absolute Gasteiger partial charge is 0.369 e. The van der Waals surface area contributed by atoms with E-state index in [0.717, 1.165) is 40.7 Å². The summed E-state index contributed by atoms with van der Waals surface area (Å²) in [5.74, 6) is 0. The van der Waals surface area contributed by atoms with Crippen LogP contribution in [0.25, 0.3) is 0 Å². The minimum Gasteiger partial charge on any atom is -0.369 e. The van der Waals surface area contributed by atoms with Gasteiger partial charge in [0, 0.05) is 13.1 Å². The third kappa shape index (κ3) is 3.43. The molecule has 0 radical (unpaired) electrons. The number of rotatable bonds is 4. The summed E-state index contributed by atoms with van der Waals surface area (Å²) in [5.41, 5.74) is 5.10. The highest BCUT2D eigenvalue weighted by molar-refractivity contribution is 7.89. The minimum atomic E-state index is -3.59. The van der Waals surface area contributed by atoms with Gasteiger partial charge in [0.2, 0.25) is 10.0 Å². The van der Waals surface area contributed by atoms with Crippen LogP contribution in [-0.4, -0.2) is 38.5 Å². The predicted octanol–water partition coefficient (Wildman–Crippen LogP) is 4.00. The van der Waals surface area contributed by atoms with Gasteiger partial charge >= 0.3 is 0 Å². The van der Waals surface area contributed by atoms with Crippen LogP contribution < -0.4 is 0 Å². The van der Waals surface area contributed by atoms with Crippen LogP contribution in [0, 0.1) is 6.92 Å². The lowest BCUT2D eigenvalue weighted by Crippen LogP contribution is -2.35. The summed E-state index contributed by atoms with van der Waals surface area (Å²) in [4.78, 5) is 0.334. The molecule has 2 heterocycles.